The summed E-state index contributed by atoms with van der Waals surface area (Å²) >= 11 is 1.70. The first-order chi connectivity index (χ1) is 9.78. The molecule has 2 heterocycles. The number of guanidine groups is 1. The number of aliphatic imine (C=N–C) groups is 1. The van der Waals surface area contributed by atoms with Gasteiger partial charge in [-0.15, -0.1) is 11.3 Å². The predicted octanol–water partition coefficient (Wildman–Crippen LogP) is 1.73. The van der Waals surface area contributed by atoms with Gasteiger partial charge in [-0.05, 0) is 26.7 Å². The number of nitrogens with zero attached hydrogens (tertiary/aromatic N) is 2. The number of thiazole rings is 1. The number of nitrogens with one attached hydrogen (secondary N) is 2. The number of hydrogen-bond donors (Lipinski definition) is 2. The summed E-state index contributed by atoms with van der Waals surface area (Å²) in [5.41, 5.74) is 1.15. The molecular formula is C14H24N4OS. The fourth-order valence-corrected chi connectivity index (χ4v) is 2.80. The minimum absolute atomic E-state index is 0.298. The average molecular weight is 296 g/mol. The Hall–Kier alpha value is -1.14. The van der Waals surface area contributed by atoms with Crippen LogP contribution in [0.15, 0.2) is 10.4 Å². The summed E-state index contributed by atoms with van der Waals surface area (Å²) in [4.78, 5) is 9.04. The van der Waals surface area contributed by atoms with Crippen molar-refractivity contribution < 1.29 is 4.74 Å². The van der Waals surface area contributed by atoms with E-state index in [0.717, 1.165) is 62.2 Å². The lowest BCUT2D eigenvalue weighted by Crippen LogP contribution is -2.39. The van der Waals surface area contributed by atoms with Crippen molar-refractivity contribution in [2.75, 3.05) is 26.2 Å². The van der Waals surface area contributed by atoms with Gasteiger partial charge in [0.15, 0.2) is 5.96 Å². The van der Waals surface area contributed by atoms with E-state index in [1.807, 2.05) is 6.92 Å². The van der Waals surface area contributed by atoms with Crippen LogP contribution in [0.3, 0.4) is 0 Å². The average Bonchev–Trinajstić information content (AvgIpc) is 3.08. The van der Waals surface area contributed by atoms with Crippen LogP contribution in [-0.4, -0.2) is 43.3 Å². The van der Waals surface area contributed by atoms with E-state index in [1.54, 1.807) is 11.3 Å². The molecule has 0 spiro atoms. The lowest BCUT2D eigenvalue weighted by Gasteiger charge is -2.12. The fourth-order valence-electron chi connectivity index (χ4n) is 2.16. The van der Waals surface area contributed by atoms with Crippen LogP contribution in [0.4, 0.5) is 0 Å². The molecule has 1 saturated heterocycles. The molecule has 2 rings (SSSR count). The minimum Gasteiger partial charge on any atom is -0.376 e. The topological polar surface area (TPSA) is 58.5 Å². The summed E-state index contributed by atoms with van der Waals surface area (Å²) in [7, 11) is 0. The fraction of sp³-hybridized carbons (Fsp3) is 0.714. The van der Waals surface area contributed by atoms with Crippen LogP contribution in [0.5, 0.6) is 0 Å². The van der Waals surface area contributed by atoms with E-state index in [9.17, 15) is 0 Å². The van der Waals surface area contributed by atoms with E-state index < -0.39 is 0 Å². The van der Waals surface area contributed by atoms with Gasteiger partial charge in [0.1, 0.15) is 0 Å². The second-order valence-corrected chi connectivity index (χ2v) is 5.95. The second kappa shape index (κ2) is 8.21. The maximum atomic E-state index is 5.59. The normalized spacial score (nSPS) is 19.3. The molecule has 1 fully saturated rings. The Bertz CT molecular complexity index is 427. The minimum atomic E-state index is 0.298. The van der Waals surface area contributed by atoms with E-state index in [2.05, 4.69) is 32.9 Å². The van der Waals surface area contributed by atoms with Crippen molar-refractivity contribution in [1.29, 1.82) is 0 Å². The van der Waals surface area contributed by atoms with Crippen LogP contribution in [-0.2, 0) is 11.2 Å². The van der Waals surface area contributed by atoms with Gasteiger partial charge in [-0.3, -0.25) is 4.99 Å². The van der Waals surface area contributed by atoms with Gasteiger partial charge in [0.05, 0.1) is 23.4 Å². The molecule has 0 aliphatic carbocycles. The van der Waals surface area contributed by atoms with Gasteiger partial charge in [-0.2, -0.15) is 0 Å². The maximum Gasteiger partial charge on any atom is 0.191 e. The second-order valence-electron chi connectivity index (χ2n) is 4.89. The van der Waals surface area contributed by atoms with Crippen molar-refractivity contribution in [2.24, 2.45) is 4.99 Å². The number of aromatic nitrogens is 1. The van der Waals surface area contributed by atoms with Crippen LogP contribution in [0.25, 0.3) is 0 Å². The maximum absolute atomic E-state index is 5.59. The first-order valence-electron chi connectivity index (χ1n) is 7.32. The summed E-state index contributed by atoms with van der Waals surface area (Å²) in [6, 6.07) is 0. The molecule has 1 aromatic rings. The molecular weight excluding hydrogens is 272 g/mol. The number of ether oxygens (including phenoxy) is 1. The Morgan fingerprint density at radius 2 is 2.45 bits per heavy atom. The molecule has 1 aliphatic rings. The highest BCUT2D eigenvalue weighted by atomic mass is 32.1. The molecule has 1 aliphatic heterocycles. The lowest BCUT2D eigenvalue weighted by molar-refractivity contribution is 0.117. The van der Waals surface area contributed by atoms with Crippen molar-refractivity contribution >= 4 is 17.3 Å². The van der Waals surface area contributed by atoms with E-state index in [-0.39, 0.29) is 0 Å². The van der Waals surface area contributed by atoms with E-state index in [4.69, 9.17) is 4.74 Å². The summed E-state index contributed by atoms with van der Waals surface area (Å²) in [6.07, 6.45) is 3.51. The summed E-state index contributed by atoms with van der Waals surface area (Å²) in [6.45, 7) is 7.45. The molecule has 6 heteroatoms. The summed E-state index contributed by atoms with van der Waals surface area (Å²) in [5.74, 6) is 0.870. The molecule has 0 radical (unpaired) electrons. The molecule has 1 unspecified atom stereocenters. The molecule has 0 saturated carbocycles. The Balaban J connectivity index is 1.74. The summed E-state index contributed by atoms with van der Waals surface area (Å²) in [5, 5.41) is 9.86. The van der Waals surface area contributed by atoms with Crippen molar-refractivity contribution in [2.45, 2.75) is 39.2 Å². The molecule has 0 aromatic carbocycles. The van der Waals surface area contributed by atoms with Crippen LogP contribution in [0.1, 0.15) is 30.5 Å². The smallest absolute Gasteiger partial charge is 0.191 e. The molecule has 1 aromatic heterocycles. The molecule has 2 N–H and O–H groups in total. The molecule has 0 bridgehead atoms. The van der Waals surface area contributed by atoms with E-state index in [1.165, 1.54) is 0 Å². The number of aryl methyl sites for hydroxylation is 1. The van der Waals surface area contributed by atoms with E-state index in [0.29, 0.717) is 6.10 Å². The lowest BCUT2D eigenvalue weighted by atomic mass is 10.2. The Morgan fingerprint density at radius 3 is 3.10 bits per heavy atom. The van der Waals surface area contributed by atoms with Gasteiger partial charge in [-0.25, -0.2) is 4.98 Å². The van der Waals surface area contributed by atoms with Gasteiger partial charge in [0.2, 0.25) is 0 Å². The van der Waals surface area contributed by atoms with Gasteiger partial charge in [0, 0.05) is 31.5 Å². The van der Waals surface area contributed by atoms with Crippen LogP contribution >= 0.6 is 11.3 Å². The van der Waals surface area contributed by atoms with Crippen molar-refractivity contribution in [3.05, 3.63) is 16.1 Å². The quantitative estimate of drug-likeness (QED) is 0.620. The molecule has 1 atom stereocenters. The first-order valence-corrected chi connectivity index (χ1v) is 8.20. The monoisotopic (exact) mass is 296 g/mol. The zero-order chi connectivity index (χ0) is 14.2. The van der Waals surface area contributed by atoms with Crippen LogP contribution < -0.4 is 10.6 Å². The molecule has 0 amide bonds. The third-order valence-electron chi connectivity index (χ3n) is 3.16. The Labute approximate surface area is 124 Å². The van der Waals surface area contributed by atoms with Crippen molar-refractivity contribution in [3.63, 3.8) is 0 Å². The van der Waals surface area contributed by atoms with Gasteiger partial charge < -0.3 is 15.4 Å². The standard InChI is InChI=1S/C14H24N4OS/c1-3-15-14(17-9-13-5-4-8-19-13)16-7-6-12-10-20-11(2)18-12/h10,13H,3-9H2,1-2H3,(H2,15,16,17). The third kappa shape index (κ3) is 5.09. The highest BCUT2D eigenvalue weighted by molar-refractivity contribution is 7.09. The predicted molar refractivity (Wildman–Crippen MR) is 83.5 cm³/mol. The molecule has 20 heavy (non-hydrogen) atoms. The highest BCUT2D eigenvalue weighted by Crippen LogP contribution is 2.11. The SMILES string of the molecule is CCNC(=NCC1CCCO1)NCCc1csc(C)n1. The number of hydrogen-bond acceptors (Lipinski definition) is 4. The van der Waals surface area contributed by atoms with E-state index >= 15 is 0 Å². The molecule has 5 nitrogen and oxygen atoms in total. The summed E-state index contributed by atoms with van der Waals surface area (Å²) < 4.78 is 5.59. The Morgan fingerprint density at radius 1 is 1.55 bits per heavy atom. The van der Waals surface area contributed by atoms with Crippen molar-refractivity contribution in [1.82, 2.24) is 15.6 Å². The van der Waals surface area contributed by atoms with Crippen molar-refractivity contribution in [3.8, 4) is 0 Å². The largest absolute Gasteiger partial charge is 0.376 e. The zero-order valence-electron chi connectivity index (χ0n) is 12.3. The number of rotatable bonds is 6. The highest BCUT2D eigenvalue weighted by Gasteiger charge is 2.14. The van der Waals surface area contributed by atoms with Crippen LogP contribution in [0.2, 0.25) is 0 Å². The molecule has 112 valence electrons. The third-order valence-corrected chi connectivity index (χ3v) is 3.98. The van der Waals surface area contributed by atoms with Gasteiger partial charge in [-0.1, -0.05) is 0 Å². The first kappa shape index (κ1) is 15.3. The Kier molecular flexibility index (Phi) is 6.26. The van der Waals surface area contributed by atoms with Gasteiger partial charge in [0.25, 0.3) is 0 Å². The van der Waals surface area contributed by atoms with Gasteiger partial charge >= 0.3 is 0 Å². The van der Waals surface area contributed by atoms with Crippen LogP contribution in [0, 0.1) is 6.92 Å². The zero-order valence-corrected chi connectivity index (χ0v) is 13.1.